The highest BCUT2D eigenvalue weighted by molar-refractivity contribution is 5.92. The van der Waals surface area contributed by atoms with Crippen molar-refractivity contribution >= 4 is 22.6 Å². The van der Waals surface area contributed by atoms with Crippen LogP contribution in [0.5, 0.6) is 0 Å². The number of carbonyl (C=O) groups is 1. The number of piperazine rings is 1. The van der Waals surface area contributed by atoms with E-state index in [0.29, 0.717) is 5.69 Å². The average Bonchev–Trinajstić information content (AvgIpc) is 2.84. The molecule has 2 N–H and O–H groups in total. The van der Waals surface area contributed by atoms with Gasteiger partial charge in [0.25, 0.3) is 11.5 Å². The standard InChI is InChI=1S/C25H30N6O2/c1-16-22(8-7-20(28-16)25(33)26-2)31-11-9-30(10-12-31)15-17-13-21-23(27-14-17)18-5-3-4-6-19(18)24(32)29-21/h7-8,13-14H,3-6,9-12,15H2,1-2H3,(H,26,33)(H,29,32). The summed E-state index contributed by atoms with van der Waals surface area (Å²) in [4.78, 5) is 41.4. The van der Waals surface area contributed by atoms with Crippen LogP contribution in [-0.2, 0) is 19.4 Å². The first kappa shape index (κ1) is 21.6. The van der Waals surface area contributed by atoms with Crippen LogP contribution in [0, 0.1) is 6.92 Å². The largest absolute Gasteiger partial charge is 0.368 e. The summed E-state index contributed by atoms with van der Waals surface area (Å²) in [6.45, 7) is 6.41. The molecule has 0 radical (unpaired) electrons. The number of nitrogens with one attached hydrogen (secondary N) is 2. The zero-order chi connectivity index (χ0) is 22.9. The summed E-state index contributed by atoms with van der Waals surface area (Å²) in [5.41, 5.74) is 7.46. The minimum absolute atomic E-state index is 0.0520. The topological polar surface area (TPSA) is 94.2 Å². The molecule has 0 atom stereocenters. The van der Waals surface area contributed by atoms with Crippen LogP contribution < -0.4 is 15.8 Å². The molecule has 0 spiro atoms. The molecule has 0 unspecified atom stereocenters. The van der Waals surface area contributed by atoms with Crippen LogP contribution in [0.15, 0.2) is 29.2 Å². The molecule has 33 heavy (non-hydrogen) atoms. The van der Waals surface area contributed by atoms with Crippen LogP contribution in [0.4, 0.5) is 5.69 Å². The lowest BCUT2D eigenvalue weighted by atomic mass is 9.91. The van der Waals surface area contributed by atoms with Crippen LogP contribution in [0.2, 0.25) is 0 Å². The van der Waals surface area contributed by atoms with Crippen molar-refractivity contribution in [2.75, 3.05) is 38.1 Å². The first-order chi connectivity index (χ1) is 16.0. The average molecular weight is 447 g/mol. The number of fused-ring (bicyclic) bond motifs is 3. The third-order valence-electron chi connectivity index (χ3n) is 6.86. The van der Waals surface area contributed by atoms with Crippen molar-refractivity contribution in [3.05, 3.63) is 62.8 Å². The van der Waals surface area contributed by atoms with Crippen LogP contribution in [-0.4, -0.2) is 59.0 Å². The van der Waals surface area contributed by atoms with Crippen LogP contribution in [0.1, 0.15) is 45.7 Å². The second kappa shape index (κ2) is 8.94. The molecule has 5 rings (SSSR count). The smallest absolute Gasteiger partial charge is 0.269 e. The van der Waals surface area contributed by atoms with E-state index in [1.54, 1.807) is 13.1 Å². The van der Waals surface area contributed by atoms with Gasteiger partial charge in [-0.3, -0.25) is 19.5 Å². The number of aromatic amines is 1. The van der Waals surface area contributed by atoms with Gasteiger partial charge < -0.3 is 15.2 Å². The highest BCUT2D eigenvalue weighted by Crippen LogP contribution is 2.25. The van der Waals surface area contributed by atoms with E-state index in [1.807, 2.05) is 19.2 Å². The lowest BCUT2D eigenvalue weighted by molar-refractivity contribution is 0.0958. The van der Waals surface area contributed by atoms with E-state index in [0.717, 1.165) is 97.5 Å². The number of hydrogen-bond donors (Lipinski definition) is 2. The zero-order valence-corrected chi connectivity index (χ0v) is 19.3. The Morgan fingerprint density at radius 1 is 1.12 bits per heavy atom. The summed E-state index contributed by atoms with van der Waals surface area (Å²) < 4.78 is 0. The Morgan fingerprint density at radius 3 is 2.61 bits per heavy atom. The molecule has 1 amide bonds. The van der Waals surface area contributed by atoms with E-state index in [2.05, 4.69) is 31.2 Å². The number of nitrogens with zero attached hydrogens (tertiary/aromatic N) is 4. The van der Waals surface area contributed by atoms with Gasteiger partial charge in [0.15, 0.2) is 0 Å². The number of hydrogen-bond acceptors (Lipinski definition) is 6. The van der Waals surface area contributed by atoms with E-state index in [4.69, 9.17) is 4.98 Å². The number of anilines is 1. The van der Waals surface area contributed by atoms with Crippen molar-refractivity contribution < 1.29 is 4.79 Å². The van der Waals surface area contributed by atoms with Gasteiger partial charge in [-0.1, -0.05) is 0 Å². The minimum Gasteiger partial charge on any atom is -0.368 e. The fourth-order valence-corrected chi connectivity index (χ4v) is 5.09. The molecule has 1 aliphatic carbocycles. The molecule has 1 fully saturated rings. The maximum atomic E-state index is 12.5. The first-order valence-electron chi connectivity index (χ1n) is 11.7. The maximum absolute atomic E-state index is 12.5. The molecule has 1 aliphatic heterocycles. The van der Waals surface area contributed by atoms with Gasteiger partial charge in [0, 0.05) is 51.5 Å². The van der Waals surface area contributed by atoms with Crippen molar-refractivity contribution in [1.82, 2.24) is 25.2 Å². The minimum atomic E-state index is -0.166. The number of H-pyrrole nitrogens is 1. The van der Waals surface area contributed by atoms with Gasteiger partial charge in [0.1, 0.15) is 5.69 Å². The molecular weight excluding hydrogens is 416 g/mol. The Morgan fingerprint density at radius 2 is 1.88 bits per heavy atom. The molecule has 0 aromatic carbocycles. The van der Waals surface area contributed by atoms with Crippen molar-refractivity contribution in [2.24, 2.45) is 0 Å². The Kier molecular flexibility index (Phi) is 5.85. The Labute approximate surface area is 193 Å². The fourth-order valence-electron chi connectivity index (χ4n) is 5.09. The van der Waals surface area contributed by atoms with E-state index in [9.17, 15) is 9.59 Å². The number of aryl methyl sites for hydroxylation is 2. The van der Waals surface area contributed by atoms with Crippen LogP contribution >= 0.6 is 0 Å². The summed E-state index contributed by atoms with van der Waals surface area (Å²) in [6, 6.07) is 5.87. The summed E-state index contributed by atoms with van der Waals surface area (Å²) >= 11 is 0. The Hall–Kier alpha value is -3.26. The summed E-state index contributed by atoms with van der Waals surface area (Å²) in [6.07, 6.45) is 5.98. The quantitative estimate of drug-likeness (QED) is 0.638. The second-order valence-electron chi connectivity index (χ2n) is 9.00. The maximum Gasteiger partial charge on any atom is 0.269 e. The van der Waals surface area contributed by atoms with Crippen molar-refractivity contribution in [3.8, 4) is 0 Å². The molecule has 3 aromatic heterocycles. The molecule has 3 aromatic rings. The number of amides is 1. The predicted molar refractivity (Wildman–Crippen MR) is 129 cm³/mol. The zero-order valence-electron chi connectivity index (χ0n) is 19.3. The van der Waals surface area contributed by atoms with E-state index in [1.165, 1.54) is 0 Å². The number of rotatable bonds is 4. The number of pyridine rings is 3. The van der Waals surface area contributed by atoms with Crippen LogP contribution in [0.25, 0.3) is 11.0 Å². The molecule has 8 nitrogen and oxygen atoms in total. The molecule has 172 valence electrons. The number of aromatic nitrogens is 3. The fraction of sp³-hybridized carbons (Fsp3) is 0.440. The second-order valence-corrected chi connectivity index (χ2v) is 9.00. The summed E-state index contributed by atoms with van der Waals surface area (Å²) in [5.74, 6) is -0.166. The van der Waals surface area contributed by atoms with Crippen molar-refractivity contribution in [1.29, 1.82) is 0 Å². The molecule has 2 aliphatic rings. The monoisotopic (exact) mass is 446 g/mol. The van der Waals surface area contributed by atoms with Gasteiger partial charge in [0.05, 0.1) is 22.4 Å². The van der Waals surface area contributed by atoms with Gasteiger partial charge in [-0.25, -0.2) is 4.98 Å². The summed E-state index contributed by atoms with van der Waals surface area (Å²) in [5, 5.41) is 2.62. The Balaban J connectivity index is 1.27. The van der Waals surface area contributed by atoms with E-state index in [-0.39, 0.29) is 11.5 Å². The number of carbonyl (C=O) groups excluding carboxylic acids is 1. The molecular formula is C25H30N6O2. The van der Waals surface area contributed by atoms with Gasteiger partial charge in [-0.2, -0.15) is 0 Å². The van der Waals surface area contributed by atoms with Gasteiger partial charge in [-0.05, 0) is 61.9 Å². The van der Waals surface area contributed by atoms with Gasteiger partial charge >= 0.3 is 0 Å². The molecule has 4 heterocycles. The molecule has 8 heteroatoms. The Bertz CT molecular complexity index is 1260. The predicted octanol–water partition coefficient (Wildman–Crippen LogP) is 2.19. The highest BCUT2D eigenvalue weighted by atomic mass is 16.1. The van der Waals surface area contributed by atoms with Gasteiger partial charge in [-0.15, -0.1) is 0 Å². The molecule has 1 saturated heterocycles. The van der Waals surface area contributed by atoms with Crippen molar-refractivity contribution in [3.63, 3.8) is 0 Å². The molecule has 0 saturated carbocycles. The highest BCUT2D eigenvalue weighted by Gasteiger charge is 2.21. The summed E-state index contributed by atoms with van der Waals surface area (Å²) in [7, 11) is 1.61. The van der Waals surface area contributed by atoms with Crippen LogP contribution in [0.3, 0.4) is 0 Å². The third-order valence-corrected chi connectivity index (χ3v) is 6.86. The lowest BCUT2D eigenvalue weighted by Gasteiger charge is -2.36. The van der Waals surface area contributed by atoms with E-state index < -0.39 is 0 Å². The van der Waals surface area contributed by atoms with Gasteiger partial charge in [0.2, 0.25) is 0 Å². The van der Waals surface area contributed by atoms with E-state index >= 15 is 0 Å². The molecule has 0 bridgehead atoms. The first-order valence-corrected chi connectivity index (χ1v) is 11.7. The lowest BCUT2D eigenvalue weighted by Crippen LogP contribution is -2.46. The van der Waals surface area contributed by atoms with Crippen molar-refractivity contribution in [2.45, 2.75) is 39.2 Å². The third kappa shape index (κ3) is 4.23. The normalized spacial score (nSPS) is 16.6. The SMILES string of the molecule is CNC(=O)c1ccc(N2CCN(Cc3cnc4c5c(c(=O)[nH]c4c3)CCCC5)CC2)c(C)n1.